The fourth-order valence-electron chi connectivity index (χ4n) is 2.10. The molecule has 1 unspecified atom stereocenters. The normalized spacial score (nSPS) is 16.6. The molecule has 1 aliphatic rings. The third kappa shape index (κ3) is 3.03. The highest BCUT2D eigenvalue weighted by Crippen LogP contribution is 2.37. The van der Waals surface area contributed by atoms with Gasteiger partial charge in [0.15, 0.2) is 5.82 Å². The zero-order valence-electron chi connectivity index (χ0n) is 10.8. The number of nitrogens with zero attached hydrogens (tertiary/aromatic N) is 3. The van der Waals surface area contributed by atoms with Gasteiger partial charge in [-0.3, -0.25) is 0 Å². The molecule has 1 saturated carbocycles. The quantitative estimate of drug-likeness (QED) is 0.856. The number of anilines is 2. The van der Waals surface area contributed by atoms with Gasteiger partial charge in [-0.2, -0.15) is 4.98 Å². The molecule has 18 heavy (non-hydrogen) atoms. The van der Waals surface area contributed by atoms with Crippen molar-refractivity contribution in [1.82, 2.24) is 9.97 Å². The molecule has 6 heteroatoms. The van der Waals surface area contributed by atoms with Gasteiger partial charge in [-0.25, -0.2) is 4.98 Å². The minimum absolute atomic E-state index is 0.250. The SMILES string of the molecule is COCCN(c1nc(N)ncc1Cl)C(C)C1CC1. The molecule has 100 valence electrons. The molecule has 1 fully saturated rings. The van der Waals surface area contributed by atoms with E-state index in [1.807, 2.05) is 0 Å². The van der Waals surface area contributed by atoms with E-state index >= 15 is 0 Å². The Balaban J connectivity index is 2.22. The van der Waals surface area contributed by atoms with Gasteiger partial charge >= 0.3 is 0 Å². The lowest BCUT2D eigenvalue weighted by Gasteiger charge is -2.30. The topological polar surface area (TPSA) is 64.3 Å². The third-order valence-electron chi connectivity index (χ3n) is 3.35. The Kier molecular flexibility index (Phi) is 4.24. The van der Waals surface area contributed by atoms with Crippen molar-refractivity contribution in [2.24, 2.45) is 5.92 Å². The van der Waals surface area contributed by atoms with Gasteiger partial charge in [-0.05, 0) is 25.7 Å². The van der Waals surface area contributed by atoms with Crippen molar-refractivity contribution in [3.63, 3.8) is 0 Å². The smallest absolute Gasteiger partial charge is 0.222 e. The van der Waals surface area contributed by atoms with Crippen LogP contribution in [-0.4, -0.2) is 36.3 Å². The molecule has 2 N–H and O–H groups in total. The maximum atomic E-state index is 6.18. The second kappa shape index (κ2) is 5.71. The number of nitrogens with two attached hydrogens (primary N) is 1. The molecular weight excluding hydrogens is 252 g/mol. The molecule has 0 aromatic carbocycles. The predicted molar refractivity (Wildman–Crippen MR) is 72.9 cm³/mol. The number of methoxy groups -OCH3 is 1. The van der Waals surface area contributed by atoms with Crippen LogP contribution in [0.4, 0.5) is 11.8 Å². The first kappa shape index (κ1) is 13.4. The van der Waals surface area contributed by atoms with Crippen LogP contribution in [0.15, 0.2) is 6.20 Å². The number of nitrogen functional groups attached to an aromatic ring is 1. The summed E-state index contributed by atoms with van der Waals surface area (Å²) in [6, 6.07) is 0.395. The Morgan fingerprint density at radius 3 is 2.94 bits per heavy atom. The van der Waals surface area contributed by atoms with Crippen molar-refractivity contribution in [3.8, 4) is 0 Å². The van der Waals surface area contributed by atoms with Crippen molar-refractivity contribution in [2.75, 3.05) is 30.9 Å². The molecule has 1 atom stereocenters. The van der Waals surface area contributed by atoms with Crippen LogP contribution in [0, 0.1) is 5.92 Å². The van der Waals surface area contributed by atoms with Gasteiger partial charge in [0.1, 0.15) is 5.02 Å². The summed E-state index contributed by atoms with van der Waals surface area (Å²) in [6.45, 7) is 3.59. The largest absolute Gasteiger partial charge is 0.383 e. The summed E-state index contributed by atoms with van der Waals surface area (Å²) in [4.78, 5) is 10.3. The molecule has 0 radical (unpaired) electrons. The molecule has 0 saturated heterocycles. The van der Waals surface area contributed by atoms with Crippen LogP contribution in [0.1, 0.15) is 19.8 Å². The average Bonchev–Trinajstić information content (AvgIpc) is 3.17. The first-order chi connectivity index (χ1) is 8.63. The van der Waals surface area contributed by atoms with E-state index in [0.717, 1.165) is 6.54 Å². The summed E-state index contributed by atoms with van der Waals surface area (Å²) < 4.78 is 5.15. The van der Waals surface area contributed by atoms with Gasteiger partial charge in [0.2, 0.25) is 5.95 Å². The van der Waals surface area contributed by atoms with Crippen LogP contribution in [0.2, 0.25) is 5.02 Å². The standard InChI is InChI=1S/C12H19ClN4O/c1-8(9-3-4-9)17(5-6-18-2)11-10(13)7-15-12(14)16-11/h7-9H,3-6H2,1-2H3,(H2,14,15,16). The Morgan fingerprint density at radius 1 is 1.61 bits per heavy atom. The highest BCUT2D eigenvalue weighted by Gasteiger charge is 2.33. The van der Waals surface area contributed by atoms with E-state index in [9.17, 15) is 0 Å². The summed E-state index contributed by atoms with van der Waals surface area (Å²) in [7, 11) is 1.69. The van der Waals surface area contributed by atoms with E-state index in [2.05, 4.69) is 21.8 Å². The summed E-state index contributed by atoms with van der Waals surface area (Å²) in [5.41, 5.74) is 5.65. The van der Waals surface area contributed by atoms with Gasteiger partial charge in [-0.1, -0.05) is 11.6 Å². The molecule has 0 spiro atoms. The Morgan fingerprint density at radius 2 is 2.33 bits per heavy atom. The molecule has 1 aliphatic carbocycles. The van der Waals surface area contributed by atoms with E-state index < -0.39 is 0 Å². The summed E-state index contributed by atoms with van der Waals surface area (Å²) in [6.07, 6.45) is 4.09. The van der Waals surface area contributed by atoms with Gasteiger partial charge < -0.3 is 15.4 Å². The molecule has 1 aromatic heterocycles. The zero-order valence-corrected chi connectivity index (χ0v) is 11.5. The van der Waals surface area contributed by atoms with Crippen molar-refractivity contribution in [2.45, 2.75) is 25.8 Å². The van der Waals surface area contributed by atoms with Crippen molar-refractivity contribution >= 4 is 23.4 Å². The molecule has 0 aliphatic heterocycles. The number of hydrogen-bond acceptors (Lipinski definition) is 5. The lowest BCUT2D eigenvalue weighted by molar-refractivity contribution is 0.202. The van der Waals surface area contributed by atoms with Crippen LogP contribution in [-0.2, 0) is 4.74 Å². The first-order valence-electron chi connectivity index (χ1n) is 6.17. The van der Waals surface area contributed by atoms with Crippen LogP contribution < -0.4 is 10.6 Å². The minimum atomic E-state index is 0.250. The molecule has 0 bridgehead atoms. The summed E-state index contributed by atoms with van der Waals surface area (Å²) in [5, 5.41) is 0.535. The fraction of sp³-hybridized carbons (Fsp3) is 0.667. The van der Waals surface area contributed by atoms with E-state index in [4.69, 9.17) is 22.1 Å². The molecule has 5 nitrogen and oxygen atoms in total. The van der Waals surface area contributed by atoms with Crippen LogP contribution in [0.25, 0.3) is 0 Å². The highest BCUT2D eigenvalue weighted by atomic mass is 35.5. The van der Waals surface area contributed by atoms with Gasteiger partial charge in [0.25, 0.3) is 0 Å². The number of ether oxygens (including phenoxy) is 1. The highest BCUT2D eigenvalue weighted by molar-refractivity contribution is 6.32. The molecule has 0 amide bonds. The van der Waals surface area contributed by atoms with Gasteiger partial charge in [-0.15, -0.1) is 0 Å². The summed E-state index contributed by atoms with van der Waals surface area (Å²) >= 11 is 6.18. The van der Waals surface area contributed by atoms with Crippen molar-refractivity contribution < 1.29 is 4.74 Å². The van der Waals surface area contributed by atoms with E-state index in [-0.39, 0.29) is 5.95 Å². The second-order valence-electron chi connectivity index (χ2n) is 4.66. The monoisotopic (exact) mass is 270 g/mol. The van der Waals surface area contributed by atoms with E-state index in [1.54, 1.807) is 13.3 Å². The fourth-order valence-corrected chi connectivity index (χ4v) is 2.30. The minimum Gasteiger partial charge on any atom is -0.383 e. The molecular formula is C12H19ClN4O. The maximum Gasteiger partial charge on any atom is 0.222 e. The predicted octanol–water partition coefficient (Wildman–Crippen LogP) is 1.96. The van der Waals surface area contributed by atoms with Crippen LogP contribution in [0.3, 0.4) is 0 Å². The number of rotatable bonds is 6. The van der Waals surface area contributed by atoms with Crippen molar-refractivity contribution in [3.05, 3.63) is 11.2 Å². The molecule has 1 heterocycles. The van der Waals surface area contributed by atoms with Gasteiger partial charge in [0, 0.05) is 19.7 Å². The van der Waals surface area contributed by atoms with Crippen LogP contribution >= 0.6 is 11.6 Å². The lowest BCUT2D eigenvalue weighted by Crippen LogP contribution is -2.38. The zero-order chi connectivity index (χ0) is 13.1. The first-order valence-corrected chi connectivity index (χ1v) is 6.55. The van der Waals surface area contributed by atoms with Gasteiger partial charge in [0.05, 0.1) is 12.8 Å². The van der Waals surface area contributed by atoms with Crippen LogP contribution in [0.5, 0.6) is 0 Å². The van der Waals surface area contributed by atoms with E-state index in [0.29, 0.717) is 29.4 Å². The Hall–Kier alpha value is -1.07. The number of halogens is 1. The van der Waals surface area contributed by atoms with E-state index in [1.165, 1.54) is 12.8 Å². The number of aromatic nitrogens is 2. The maximum absolute atomic E-state index is 6.18. The molecule has 2 rings (SSSR count). The Labute approximate surface area is 112 Å². The summed E-state index contributed by atoms with van der Waals surface area (Å²) in [5.74, 6) is 1.68. The number of hydrogen-bond donors (Lipinski definition) is 1. The lowest BCUT2D eigenvalue weighted by atomic mass is 10.2. The third-order valence-corrected chi connectivity index (χ3v) is 3.62. The second-order valence-corrected chi connectivity index (χ2v) is 5.07. The van der Waals surface area contributed by atoms with Crippen molar-refractivity contribution in [1.29, 1.82) is 0 Å². The average molecular weight is 271 g/mol. The Bertz CT molecular complexity index is 411. The molecule has 1 aromatic rings.